The fourth-order valence-electron chi connectivity index (χ4n) is 3.93. The van der Waals surface area contributed by atoms with Gasteiger partial charge in [-0.2, -0.15) is 0 Å². The molecule has 4 rings (SSSR count). The van der Waals surface area contributed by atoms with E-state index in [-0.39, 0.29) is 24.3 Å². The lowest BCUT2D eigenvalue weighted by Gasteiger charge is -2.27. The molecule has 2 saturated heterocycles. The molecule has 3 heterocycles. The molecule has 7 nitrogen and oxygen atoms in total. The van der Waals surface area contributed by atoms with Crippen molar-refractivity contribution in [3.8, 4) is 0 Å². The Morgan fingerprint density at radius 3 is 2.74 bits per heavy atom. The third-order valence-electron chi connectivity index (χ3n) is 5.49. The summed E-state index contributed by atoms with van der Waals surface area (Å²) in [5.74, 6) is -0.818. The Hall–Kier alpha value is -2.48. The molecule has 27 heavy (non-hydrogen) atoms. The number of para-hydroxylation sites is 1. The van der Waals surface area contributed by atoms with E-state index in [1.54, 1.807) is 27.8 Å². The molecule has 0 saturated carbocycles. The number of thioether (sulfide) groups is 1. The highest BCUT2D eigenvalue weighted by Gasteiger charge is 2.43. The van der Waals surface area contributed by atoms with Crippen LogP contribution in [0.15, 0.2) is 30.5 Å². The van der Waals surface area contributed by atoms with E-state index in [0.29, 0.717) is 23.7 Å². The molecular formula is C19H21N3O4S. The van der Waals surface area contributed by atoms with Crippen LogP contribution in [0.25, 0.3) is 10.9 Å². The fraction of sp³-hybridized carbons (Fsp3) is 0.421. The van der Waals surface area contributed by atoms with Gasteiger partial charge in [-0.15, -0.1) is 11.8 Å². The summed E-state index contributed by atoms with van der Waals surface area (Å²) >= 11 is 1.55. The monoisotopic (exact) mass is 387 g/mol. The Kier molecular flexibility index (Phi) is 4.59. The molecule has 2 amide bonds. The number of nitrogens with zero attached hydrogens (tertiary/aromatic N) is 2. The van der Waals surface area contributed by atoms with E-state index < -0.39 is 17.9 Å². The maximum Gasteiger partial charge on any atom is 0.308 e. The number of carboxylic acids is 1. The van der Waals surface area contributed by atoms with Gasteiger partial charge in [-0.3, -0.25) is 14.4 Å². The van der Waals surface area contributed by atoms with Gasteiger partial charge in [0.15, 0.2) is 0 Å². The second-order valence-electron chi connectivity index (χ2n) is 7.20. The highest BCUT2D eigenvalue weighted by atomic mass is 32.2. The molecule has 2 aliphatic heterocycles. The second kappa shape index (κ2) is 6.92. The summed E-state index contributed by atoms with van der Waals surface area (Å²) in [6.07, 6.45) is 1.69. The Morgan fingerprint density at radius 2 is 2.00 bits per heavy atom. The molecule has 1 aromatic heterocycles. The van der Waals surface area contributed by atoms with Crippen molar-refractivity contribution in [1.29, 1.82) is 0 Å². The second-order valence-corrected chi connectivity index (χ2v) is 8.20. The van der Waals surface area contributed by atoms with Crippen molar-refractivity contribution in [2.75, 3.05) is 24.7 Å². The number of hydrogen-bond acceptors (Lipinski definition) is 4. The average molecular weight is 387 g/mol. The van der Waals surface area contributed by atoms with E-state index in [2.05, 4.69) is 4.98 Å². The number of benzene rings is 1. The summed E-state index contributed by atoms with van der Waals surface area (Å²) in [5.41, 5.74) is 1.44. The minimum absolute atomic E-state index is 0.0849. The number of hydrogen-bond donors (Lipinski definition) is 2. The molecular weight excluding hydrogens is 366 g/mol. The zero-order chi connectivity index (χ0) is 19.1. The number of carboxylic acid groups (broad SMARTS) is 1. The highest BCUT2D eigenvalue weighted by molar-refractivity contribution is 7.99. The lowest BCUT2D eigenvalue weighted by Crippen LogP contribution is -2.48. The number of aromatic amines is 1. The number of H-pyrrole nitrogens is 1. The topological polar surface area (TPSA) is 93.7 Å². The Labute approximate surface area is 160 Å². The lowest BCUT2D eigenvalue weighted by molar-refractivity contribution is -0.142. The molecule has 8 heteroatoms. The fourth-order valence-corrected chi connectivity index (χ4v) is 5.07. The summed E-state index contributed by atoms with van der Waals surface area (Å²) < 4.78 is 0. The first kappa shape index (κ1) is 17.9. The smallest absolute Gasteiger partial charge is 0.308 e. The van der Waals surface area contributed by atoms with Gasteiger partial charge >= 0.3 is 5.97 Å². The largest absolute Gasteiger partial charge is 0.481 e. The molecule has 142 valence electrons. The Bertz CT molecular complexity index is 911. The third kappa shape index (κ3) is 3.07. The molecule has 0 spiro atoms. The van der Waals surface area contributed by atoms with Crippen LogP contribution >= 0.6 is 11.8 Å². The number of aromatic nitrogens is 1. The van der Waals surface area contributed by atoms with Crippen molar-refractivity contribution in [2.45, 2.75) is 13.0 Å². The molecule has 0 radical (unpaired) electrons. The van der Waals surface area contributed by atoms with Crippen molar-refractivity contribution < 1.29 is 19.5 Å². The summed E-state index contributed by atoms with van der Waals surface area (Å²) in [7, 11) is 0. The predicted molar refractivity (Wildman–Crippen MR) is 102 cm³/mol. The SMILES string of the molecule is C[C@@H]1CN(C(=O)C2CSCN2C(=O)c2c[nH]c3ccccc23)C[C@H]1C(=O)O. The normalized spacial score (nSPS) is 25.3. The van der Waals surface area contributed by atoms with E-state index in [1.807, 2.05) is 31.2 Å². The van der Waals surface area contributed by atoms with Crippen LogP contribution in [0, 0.1) is 11.8 Å². The molecule has 3 atom stereocenters. The Morgan fingerprint density at radius 1 is 1.22 bits per heavy atom. The van der Waals surface area contributed by atoms with E-state index in [0.717, 1.165) is 10.9 Å². The number of likely N-dealkylation sites (tertiary alicyclic amines) is 1. The summed E-state index contributed by atoms with van der Waals surface area (Å²) in [5, 5.41) is 10.1. The molecule has 2 N–H and O–H groups in total. The van der Waals surface area contributed by atoms with E-state index in [9.17, 15) is 19.5 Å². The number of amides is 2. The van der Waals surface area contributed by atoms with Gasteiger partial charge in [0.2, 0.25) is 5.91 Å². The molecule has 2 aromatic rings. The molecule has 2 fully saturated rings. The van der Waals surface area contributed by atoms with Crippen molar-refractivity contribution in [3.63, 3.8) is 0 Å². The van der Waals surface area contributed by atoms with Gasteiger partial charge in [0.1, 0.15) is 6.04 Å². The third-order valence-corrected chi connectivity index (χ3v) is 6.50. The number of fused-ring (bicyclic) bond motifs is 1. The predicted octanol–water partition coefficient (Wildman–Crippen LogP) is 1.86. The zero-order valence-electron chi connectivity index (χ0n) is 14.9. The quantitative estimate of drug-likeness (QED) is 0.839. The van der Waals surface area contributed by atoms with Gasteiger partial charge in [0.05, 0.1) is 17.4 Å². The lowest BCUT2D eigenvalue weighted by atomic mass is 9.99. The van der Waals surface area contributed by atoms with Crippen molar-refractivity contribution in [3.05, 3.63) is 36.0 Å². The van der Waals surface area contributed by atoms with Crippen LogP contribution in [-0.4, -0.2) is 68.4 Å². The first-order valence-electron chi connectivity index (χ1n) is 8.93. The first-order chi connectivity index (χ1) is 13.0. The van der Waals surface area contributed by atoms with E-state index in [1.165, 1.54) is 0 Å². The zero-order valence-corrected chi connectivity index (χ0v) is 15.7. The van der Waals surface area contributed by atoms with Crippen LogP contribution in [0.5, 0.6) is 0 Å². The number of carbonyl (C=O) groups is 3. The van der Waals surface area contributed by atoms with Gasteiger partial charge in [0.25, 0.3) is 5.91 Å². The van der Waals surface area contributed by atoms with Crippen molar-refractivity contribution in [2.24, 2.45) is 11.8 Å². The van der Waals surface area contributed by atoms with E-state index in [4.69, 9.17) is 0 Å². The van der Waals surface area contributed by atoms with Crippen LogP contribution in [0.1, 0.15) is 17.3 Å². The van der Waals surface area contributed by atoms with Crippen LogP contribution < -0.4 is 0 Å². The van der Waals surface area contributed by atoms with Crippen LogP contribution in [0.2, 0.25) is 0 Å². The van der Waals surface area contributed by atoms with Crippen LogP contribution in [0.4, 0.5) is 0 Å². The van der Waals surface area contributed by atoms with Gasteiger partial charge in [0, 0.05) is 35.9 Å². The van der Waals surface area contributed by atoms with Crippen LogP contribution in [-0.2, 0) is 9.59 Å². The summed E-state index contributed by atoms with van der Waals surface area (Å²) in [4.78, 5) is 43.8. The number of rotatable bonds is 3. The number of carbonyl (C=O) groups excluding carboxylic acids is 2. The maximum absolute atomic E-state index is 13.1. The standard InChI is InChI=1S/C19H21N3O4S/c1-11-7-21(8-14(11)19(25)26)18(24)16-9-27-10-22(16)17(23)13-6-20-15-5-3-2-4-12(13)15/h2-6,11,14,16,20H,7-10H2,1H3,(H,25,26)/t11-,14-,16?/m1/s1. The van der Waals surface area contributed by atoms with Gasteiger partial charge in [-0.05, 0) is 12.0 Å². The van der Waals surface area contributed by atoms with E-state index >= 15 is 0 Å². The first-order valence-corrected chi connectivity index (χ1v) is 10.1. The molecule has 2 aliphatic rings. The van der Waals surface area contributed by atoms with Crippen molar-refractivity contribution >= 4 is 40.4 Å². The molecule has 1 aromatic carbocycles. The van der Waals surface area contributed by atoms with Gasteiger partial charge < -0.3 is 19.9 Å². The summed E-state index contributed by atoms with van der Waals surface area (Å²) in [6.45, 7) is 2.49. The number of aliphatic carboxylic acids is 1. The minimum atomic E-state index is -0.870. The maximum atomic E-state index is 13.1. The van der Waals surface area contributed by atoms with Gasteiger partial charge in [-0.25, -0.2) is 0 Å². The number of nitrogens with one attached hydrogen (secondary N) is 1. The molecule has 1 unspecified atom stereocenters. The van der Waals surface area contributed by atoms with Crippen molar-refractivity contribution in [1.82, 2.24) is 14.8 Å². The van der Waals surface area contributed by atoms with Gasteiger partial charge in [-0.1, -0.05) is 25.1 Å². The average Bonchev–Trinajstić information content (AvgIpc) is 3.38. The minimum Gasteiger partial charge on any atom is -0.481 e. The van der Waals surface area contributed by atoms with Crippen LogP contribution in [0.3, 0.4) is 0 Å². The summed E-state index contributed by atoms with van der Waals surface area (Å²) in [6, 6.07) is 7.03. The molecule has 0 bridgehead atoms. The molecule has 0 aliphatic carbocycles. The highest BCUT2D eigenvalue weighted by Crippen LogP contribution is 2.30. The Balaban J connectivity index is 1.55.